The van der Waals surface area contributed by atoms with Crippen LogP contribution >= 0.6 is 11.6 Å². The molecule has 1 atom stereocenters. The van der Waals surface area contributed by atoms with E-state index in [1.807, 2.05) is 24.3 Å². The Balaban J connectivity index is 2.01. The number of pyridine rings is 1. The zero-order valence-electron chi connectivity index (χ0n) is 11.8. The smallest absolute Gasteiger partial charge is 0.247 e. The Labute approximate surface area is 128 Å². The summed E-state index contributed by atoms with van der Waals surface area (Å²) in [5, 5.41) is 6.34. The number of hydrogen-bond donors (Lipinski definition) is 2. The van der Waals surface area contributed by atoms with E-state index >= 15 is 0 Å². The third kappa shape index (κ3) is 4.10. The number of carbonyl (C=O) groups excluding carboxylic acids is 1. The van der Waals surface area contributed by atoms with Gasteiger partial charge in [-0.05, 0) is 31.2 Å². The van der Waals surface area contributed by atoms with Crippen molar-refractivity contribution in [2.45, 2.75) is 13.0 Å². The van der Waals surface area contributed by atoms with Gasteiger partial charge in [0.25, 0.3) is 0 Å². The minimum absolute atomic E-state index is 0.198. The van der Waals surface area contributed by atoms with Crippen LogP contribution in [0.1, 0.15) is 6.92 Å². The summed E-state index contributed by atoms with van der Waals surface area (Å²) in [6.07, 6.45) is 1.48. The highest BCUT2D eigenvalue weighted by Gasteiger charge is 2.15. The molecular formula is C15H16ClN3O2. The first-order valence-electron chi connectivity index (χ1n) is 6.42. The number of para-hydroxylation sites is 2. The Morgan fingerprint density at radius 1 is 1.29 bits per heavy atom. The maximum Gasteiger partial charge on any atom is 0.247 e. The predicted octanol–water partition coefficient (Wildman–Crippen LogP) is 3.18. The second-order valence-electron chi connectivity index (χ2n) is 4.42. The molecule has 0 saturated heterocycles. The average molecular weight is 306 g/mol. The summed E-state index contributed by atoms with van der Waals surface area (Å²) in [6, 6.07) is 10.3. The molecule has 1 amide bonds. The number of amides is 1. The lowest BCUT2D eigenvalue weighted by Crippen LogP contribution is -2.32. The minimum Gasteiger partial charge on any atom is -0.495 e. The molecule has 0 spiro atoms. The molecule has 0 aliphatic carbocycles. The number of ether oxygens (including phenoxy) is 1. The summed E-state index contributed by atoms with van der Waals surface area (Å²) >= 11 is 5.75. The minimum atomic E-state index is -0.446. The number of aromatic nitrogens is 1. The van der Waals surface area contributed by atoms with Crippen LogP contribution in [0.25, 0.3) is 0 Å². The predicted molar refractivity (Wildman–Crippen MR) is 84.0 cm³/mol. The van der Waals surface area contributed by atoms with E-state index in [9.17, 15) is 4.79 Å². The SMILES string of the molecule is COc1ccccc1N[C@H](C)C(=O)Nc1ccc(Cl)cn1. The number of hydrogen-bond acceptors (Lipinski definition) is 4. The van der Waals surface area contributed by atoms with E-state index in [2.05, 4.69) is 15.6 Å². The Bertz CT molecular complexity index is 617. The van der Waals surface area contributed by atoms with E-state index in [0.29, 0.717) is 16.6 Å². The molecule has 0 unspecified atom stereocenters. The van der Waals surface area contributed by atoms with Gasteiger partial charge in [0.2, 0.25) is 5.91 Å². The van der Waals surface area contributed by atoms with Crippen LogP contribution in [0.2, 0.25) is 5.02 Å². The van der Waals surface area contributed by atoms with Crippen molar-refractivity contribution in [1.29, 1.82) is 0 Å². The van der Waals surface area contributed by atoms with E-state index in [4.69, 9.17) is 16.3 Å². The summed E-state index contributed by atoms with van der Waals surface area (Å²) in [7, 11) is 1.59. The number of nitrogens with one attached hydrogen (secondary N) is 2. The van der Waals surface area contributed by atoms with Crippen LogP contribution in [0.15, 0.2) is 42.6 Å². The quantitative estimate of drug-likeness (QED) is 0.890. The fraction of sp³-hybridized carbons (Fsp3) is 0.200. The number of rotatable bonds is 5. The largest absolute Gasteiger partial charge is 0.495 e. The van der Waals surface area contributed by atoms with Crippen molar-refractivity contribution in [3.05, 3.63) is 47.6 Å². The Kier molecular flexibility index (Phi) is 5.00. The molecule has 1 heterocycles. The van der Waals surface area contributed by atoms with Gasteiger partial charge in [-0.2, -0.15) is 0 Å². The molecule has 2 aromatic rings. The zero-order valence-corrected chi connectivity index (χ0v) is 12.5. The molecule has 2 N–H and O–H groups in total. The Morgan fingerprint density at radius 3 is 2.71 bits per heavy atom. The van der Waals surface area contributed by atoms with Gasteiger partial charge in [0.05, 0.1) is 17.8 Å². The van der Waals surface area contributed by atoms with Crippen molar-refractivity contribution >= 4 is 29.0 Å². The highest BCUT2D eigenvalue weighted by atomic mass is 35.5. The van der Waals surface area contributed by atoms with Crippen molar-refractivity contribution in [3.63, 3.8) is 0 Å². The Morgan fingerprint density at radius 2 is 2.05 bits per heavy atom. The van der Waals surface area contributed by atoms with Crippen molar-refractivity contribution in [2.24, 2.45) is 0 Å². The van der Waals surface area contributed by atoms with Crippen LogP contribution in [0.4, 0.5) is 11.5 Å². The standard InChI is InChI=1S/C15H16ClN3O2/c1-10(18-12-5-3-4-6-13(12)21-2)15(20)19-14-8-7-11(16)9-17-14/h3-10,18H,1-2H3,(H,17,19,20)/t10-/m1/s1. The first kappa shape index (κ1) is 15.1. The molecule has 21 heavy (non-hydrogen) atoms. The molecule has 6 heteroatoms. The number of anilines is 2. The van der Waals surface area contributed by atoms with Crippen LogP contribution < -0.4 is 15.4 Å². The monoisotopic (exact) mass is 305 g/mol. The highest BCUT2D eigenvalue weighted by molar-refractivity contribution is 6.30. The van der Waals surface area contributed by atoms with E-state index < -0.39 is 6.04 Å². The lowest BCUT2D eigenvalue weighted by molar-refractivity contribution is -0.116. The van der Waals surface area contributed by atoms with Gasteiger partial charge in [0, 0.05) is 6.20 Å². The lowest BCUT2D eigenvalue weighted by atomic mass is 10.2. The number of carbonyl (C=O) groups is 1. The maximum absolute atomic E-state index is 12.1. The van der Waals surface area contributed by atoms with Gasteiger partial charge < -0.3 is 15.4 Å². The third-order valence-corrected chi connectivity index (χ3v) is 3.07. The molecule has 1 aromatic carbocycles. The van der Waals surface area contributed by atoms with Crippen molar-refractivity contribution in [2.75, 3.05) is 17.7 Å². The summed E-state index contributed by atoms with van der Waals surface area (Å²) in [5.74, 6) is 0.940. The first-order chi connectivity index (χ1) is 10.1. The first-order valence-corrected chi connectivity index (χ1v) is 6.80. The molecule has 0 radical (unpaired) electrons. The average Bonchev–Trinajstić information content (AvgIpc) is 2.50. The number of halogens is 1. The summed E-state index contributed by atoms with van der Waals surface area (Å²) in [5.41, 5.74) is 0.756. The molecule has 0 fully saturated rings. The molecular weight excluding hydrogens is 290 g/mol. The molecule has 1 aromatic heterocycles. The Hall–Kier alpha value is -2.27. The number of methoxy groups -OCH3 is 1. The molecule has 110 valence electrons. The van der Waals surface area contributed by atoms with Gasteiger partial charge >= 0.3 is 0 Å². The summed E-state index contributed by atoms with van der Waals surface area (Å²) < 4.78 is 5.24. The van der Waals surface area contributed by atoms with Crippen LogP contribution in [0, 0.1) is 0 Å². The molecule has 5 nitrogen and oxygen atoms in total. The maximum atomic E-state index is 12.1. The third-order valence-electron chi connectivity index (χ3n) is 2.85. The molecule has 2 rings (SSSR count). The van der Waals surface area contributed by atoms with Crippen molar-refractivity contribution in [3.8, 4) is 5.75 Å². The fourth-order valence-electron chi connectivity index (χ4n) is 1.75. The fourth-order valence-corrected chi connectivity index (χ4v) is 1.86. The van der Waals surface area contributed by atoms with Gasteiger partial charge in [-0.15, -0.1) is 0 Å². The zero-order chi connectivity index (χ0) is 15.2. The van der Waals surface area contributed by atoms with Crippen LogP contribution in [0.3, 0.4) is 0 Å². The topological polar surface area (TPSA) is 63.2 Å². The van der Waals surface area contributed by atoms with Gasteiger partial charge in [-0.3, -0.25) is 4.79 Å². The molecule has 0 saturated carbocycles. The second kappa shape index (κ2) is 6.95. The highest BCUT2D eigenvalue weighted by Crippen LogP contribution is 2.23. The van der Waals surface area contributed by atoms with Crippen molar-refractivity contribution in [1.82, 2.24) is 4.98 Å². The second-order valence-corrected chi connectivity index (χ2v) is 4.85. The van der Waals surface area contributed by atoms with Gasteiger partial charge in [-0.25, -0.2) is 4.98 Å². The van der Waals surface area contributed by atoms with Crippen LogP contribution in [0.5, 0.6) is 5.75 Å². The van der Waals surface area contributed by atoms with E-state index in [1.165, 1.54) is 6.20 Å². The molecule has 0 bridgehead atoms. The van der Waals surface area contributed by atoms with E-state index in [0.717, 1.165) is 5.69 Å². The molecule has 0 aliphatic heterocycles. The van der Waals surface area contributed by atoms with E-state index in [-0.39, 0.29) is 5.91 Å². The number of benzene rings is 1. The van der Waals surface area contributed by atoms with Crippen molar-refractivity contribution < 1.29 is 9.53 Å². The number of nitrogens with zero attached hydrogens (tertiary/aromatic N) is 1. The summed E-state index contributed by atoms with van der Waals surface area (Å²) in [6.45, 7) is 1.76. The summed E-state index contributed by atoms with van der Waals surface area (Å²) in [4.78, 5) is 16.1. The van der Waals surface area contributed by atoms with Crippen LogP contribution in [-0.4, -0.2) is 24.0 Å². The van der Waals surface area contributed by atoms with Gasteiger partial charge in [-0.1, -0.05) is 23.7 Å². The molecule has 0 aliphatic rings. The normalized spacial score (nSPS) is 11.6. The van der Waals surface area contributed by atoms with E-state index in [1.54, 1.807) is 26.2 Å². The lowest BCUT2D eigenvalue weighted by Gasteiger charge is -2.17. The van der Waals surface area contributed by atoms with Gasteiger partial charge in [0.15, 0.2) is 0 Å². The van der Waals surface area contributed by atoms with Crippen LogP contribution in [-0.2, 0) is 4.79 Å². The van der Waals surface area contributed by atoms with Gasteiger partial charge in [0.1, 0.15) is 17.6 Å².